The molecule has 0 amide bonds. The first-order valence-electron chi connectivity index (χ1n) is 6.21. The lowest BCUT2D eigenvalue weighted by atomic mass is 10.3. The smallest absolute Gasteiger partial charge is 0.269 e. The summed E-state index contributed by atoms with van der Waals surface area (Å²) in [5, 5.41) is 15.3. The zero-order valence-corrected chi connectivity index (χ0v) is 13.2. The van der Waals surface area contributed by atoms with Crippen molar-refractivity contribution < 1.29 is 4.92 Å². The Labute approximate surface area is 130 Å². The van der Waals surface area contributed by atoms with Crippen LogP contribution in [-0.4, -0.2) is 27.7 Å². The molecule has 1 aromatic carbocycles. The van der Waals surface area contributed by atoms with E-state index in [1.807, 2.05) is 19.2 Å². The molecule has 1 heterocycles. The Bertz CT molecular complexity index is 635. The normalized spacial score (nSPS) is 10.4. The van der Waals surface area contributed by atoms with Crippen molar-refractivity contribution in [3.05, 3.63) is 40.4 Å². The zero-order chi connectivity index (χ0) is 15.2. The van der Waals surface area contributed by atoms with E-state index in [2.05, 4.69) is 15.3 Å². The first-order valence-corrected chi connectivity index (χ1v) is 8.25. The molecule has 1 aromatic heterocycles. The Hall–Kier alpha value is -1.80. The Kier molecular flexibility index (Phi) is 5.40. The first kappa shape index (κ1) is 15.6. The molecule has 0 atom stereocenters. The van der Waals surface area contributed by atoms with Crippen LogP contribution in [-0.2, 0) is 0 Å². The van der Waals surface area contributed by atoms with E-state index in [-0.39, 0.29) is 5.69 Å². The van der Waals surface area contributed by atoms with E-state index in [9.17, 15) is 10.1 Å². The topological polar surface area (TPSA) is 81.0 Å². The predicted molar refractivity (Wildman–Crippen MR) is 85.2 cm³/mol. The molecule has 6 nitrogen and oxygen atoms in total. The second-order valence-electron chi connectivity index (χ2n) is 3.96. The second-order valence-corrected chi connectivity index (χ2v) is 5.83. The molecule has 0 aliphatic rings. The molecule has 110 valence electrons. The summed E-state index contributed by atoms with van der Waals surface area (Å²) >= 11 is 2.93. The van der Waals surface area contributed by atoms with Gasteiger partial charge in [0.15, 0.2) is 5.16 Å². The molecule has 0 aliphatic heterocycles. The molecule has 2 rings (SSSR count). The molecule has 0 fully saturated rings. The minimum Gasteiger partial charge on any atom is -0.370 e. The van der Waals surface area contributed by atoms with Gasteiger partial charge in [0.1, 0.15) is 10.8 Å². The highest BCUT2D eigenvalue weighted by molar-refractivity contribution is 7.99. The molecule has 0 bridgehead atoms. The van der Waals surface area contributed by atoms with Crippen molar-refractivity contribution >= 4 is 35.0 Å². The highest BCUT2D eigenvalue weighted by atomic mass is 32.2. The van der Waals surface area contributed by atoms with Gasteiger partial charge in [-0.05, 0) is 25.3 Å². The number of nitrogens with zero attached hydrogens (tertiary/aromatic N) is 3. The van der Waals surface area contributed by atoms with Gasteiger partial charge in [-0.3, -0.25) is 10.1 Å². The molecule has 1 N–H and O–H groups in total. The van der Waals surface area contributed by atoms with Gasteiger partial charge in [0.2, 0.25) is 0 Å². The van der Waals surface area contributed by atoms with Crippen LogP contribution >= 0.6 is 23.5 Å². The summed E-state index contributed by atoms with van der Waals surface area (Å²) < 4.78 is 0. The number of hydrogen-bond donors (Lipinski definition) is 1. The summed E-state index contributed by atoms with van der Waals surface area (Å²) in [6, 6.07) is 8.29. The third kappa shape index (κ3) is 4.33. The van der Waals surface area contributed by atoms with Crippen LogP contribution in [0.15, 0.2) is 45.4 Å². The number of nitrogens with one attached hydrogen (secondary N) is 1. The second kappa shape index (κ2) is 7.28. The minimum absolute atomic E-state index is 0.0835. The molecular formula is C13H14N4O2S2. The fourth-order valence-corrected chi connectivity index (χ4v) is 2.83. The van der Waals surface area contributed by atoms with E-state index >= 15 is 0 Å². The average molecular weight is 322 g/mol. The molecule has 0 saturated carbocycles. The van der Waals surface area contributed by atoms with Crippen molar-refractivity contribution in [2.45, 2.75) is 22.0 Å². The van der Waals surface area contributed by atoms with Crippen LogP contribution in [0, 0.1) is 10.1 Å². The van der Waals surface area contributed by atoms with E-state index in [0.717, 1.165) is 22.3 Å². The quantitative estimate of drug-likeness (QED) is 0.285. The Morgan fingerprint density at radius 2 is 2.00 bits per heavy atom. The van der Waals surface area contributed by atoms with E-state index in [1.54, 1.807) is 12.1 Å². The van der Waals surface area contributed by atoms with Crippen LogP contribution in [0.1, 0.15) is 6.92 Å². The largest absolute Gasteiger partial charge is 0.370 e. The standard InChI is InChI=1S/C13H14N4O2S2/c1-3-14-11-8-12(16-13(15-11)20-2)21-10-6-4-9(5-7-10)17(18)19/h4-8H,3H2,1-2H3,(H,14,15,16). The lowest BCUT2D eigenvalue weighted by Gasteiger charge is -2.07. The molecule has 0 aliphatic carbocycles. The summed E-state index contributed by atoms with van der Waals surface area (Å²) in [4.78, 5) is 19.9. The SMILES string of the molecule is CCNc1cc(Sc2ccc([N+](=O)[O-])cc2)nc(SC)n1. The van der Waals surface area contributed by atoms with Crippen molar-refractivity contribution in [2.75, 3.05) is 18.1 Å². The summed E-state index contributed by atoms with van der Waals surface area (Å²) in [5.41, 5.74) is 0.0835. The molecular weight excluding hydrogens is 308 g/mol. The summed E-state index contributed by atoms with van der Waals surface area (Å²) in [5.74, 6) is 0.779. The first-order chi connectivity index (χ1) is 10.1. The lowest BCUT2D eigenvalue weighted by Crippen LogP contribution is -2.01. The average Bonchev–Trinajstić information content (AvgIpc) is 2.48. The number of nitro groups is 1. The van der Waals surface area contributed by atoms with Gasteiger partial charge in [-0.25, -0.2) is 9.97 Å². The van der Waals surface area contributed by atoms with E-state index in [4.69, 9.17) is 0 Å². The van der Waals surface area contributed by atoms with Crippen molar-refractivity contribution in [1.82, 2.24) is 9.97 Å². The number of anilines is 1. The number of non-ortho nitro benzene ring substituents is 1. The van der Waals surface area contributed by atoms with Crippen molar-refractivity contribution in [3.8, 4) is 0 Å². The number of benzene rings is 1. The van der Waals surface area contributed by atoms with Gasteiger partial charge < -0.3 is 5.32 Å². The summed E-state index contributed by atoms with van der Waals surface area (Å²) in [6.07, 6.45) is 1.92. The van der Waals surface area contributed by atoms with Crippen molar-refractivity contribution in [2.24, 2.45) is 0 Å². The maximum atomic E-state index is 10.6. The molecule has 2 aromatic rings. The summed E-state index contributed by atoms with van der Waals surface area (Å²) in [7, 11) is 0. The minimum atomic E-state index is -0.408. The number of nitro benzene ring substituents is 1. The van der Waals surface area contributed by atoms with Crippen LogP contribution in [0.5, 0.6) is 0 Å². The van der Waals surface area contributed by atoms with E-state index < -0.39 is 4.92 Å². The zero-order valence-electron chi connectivity index (χ0n) is 11.6. The van der Waals surface area contributed by atoms with Gasteiger partial charge in [-0.1, -0.05) is 23.5 Å². The fourth-order valence-electron chi connectivity index (χ4n) is 1.58. The molecule has 0 radical (unpaired) electrons. The number of thioether (sulfide) groups is 1. The van der Waals surface area contributed by atoms with Gasteiger partial charge in [0, 0.05) is 29.6 Å². The number of hydrogen-bond acceptors (Lipinski definition) is 7. The fraction of sp³-hybridized carbons (Fsp3) is 0.231. The van der Waals surface area contributed by atoms with Crippen molar-refractivity contribution in [3.63, 3.8) is 0 Å². The van der Waals surface area contributed by atoms with E-state index in [0.29, 0.717) is 5.16 Å². The highest BCUT2D eigenvalue weighted by Gasteiger charge is 2.08. The molecule has 21 heavy (non-hydrogen) atoms. The molecule has 0 unspecified atom stereocenters. The highest BCUT2D eigenvalue weighted by Crippen LogP contribution is 2.30. The van der Waals surface area contributed by atoms with Gasteiger partial charge >= 0.3 is 0 Å². The van der Waals surface area contributed by atoms with Crippen LogP contribution in [0.2, 0.25) is 0 Å². The summed E-state index contributed by atoms with van der Waals surface area (Å²) in [6.45, 7) is 2.79. The Morgan fingerprint density at radius 1 is 1.29 bits per heavy atom. The van der Waals surface area contributed by atoms with Gasteiger partial charge in [0.25, 0.3) is 5.69 Å². The van der Waals surface area contributed by atoms with E-state index in [1.165, 1.54) is 35.7 Å². The maximum absolute atomic E-state index is 10.6. The Morgan fingerprint density at radius 3 is 2.57 bits per heavy atom. The number of rotatable bonds is 6. The maximum Gasteiger partial charge on any atom is 0.269 e. The monoisotopic (exact) mass is 322 g/mol. The van der Waals surface area contributed by atoms with Gasteiger partial charge in [-0.2, -0.15) is 0 Å². The lowest BCUT2D eigenvalue weighted by molar-refractivity contribution is -0.384. The van der Waals surface area contributed by atoms with Gasteiger partial charge in [-0.15, -0.1) is 0 Å². The van der Waals surface area contributed by atoms with Crippen LogP contribution in [0.25, 0.3) is 0 Å². The third-order valence-corrected chi connectivity index (χ3v) is 3.97. The van der Waals surface area contributed by atoms with Gasteiger partial charge in [0.05, 0.1) is 4.92 Å². The molecule has 0 saturated heterocycles. The third-order valence-electron chi connectivity index (χ3n) is 2.49. The van der Waals surface area contributed by atoms with Crippen LogP contribution in [0.3, 0.4) is 0 Å². The number of aromatic nitrogens is 2. The van der Waals surface area contributed by atoms with Crippen LogP contribution in [0.4, 0.5) is 11.5 Å². The molecule has 0 spiro atoms. The predicted octanol–water partition coefficient (Wildman–Crippen LogP) is 3.69. The van der Waals surface area contributed by atoms with Crippen LogP contribution < -0.4 is 5.32 Å². The molecule has 8 heteroatoms. The Balaban J connectivity index is 2.21. The van der Waals surface area contributed by atoms with Crippen molar-refractivity contribution in [1.29, 1.82) is 0 Å².